The maximum Gasteiger partial charge on any atom is 0.225 e. The third kappa shape index (κ3) is 2.87. The minimum Gasteiger partial charge on any atom is -0.492 e. The van der Waals surface area contributed by atoms with Crippen LogP contribution in [0.2, 0.25) is 0 Å². The molecule has 1 aromatic rings. The van der Waals surface area contributed by atoms with Gasteiger partial charge in [-0.1, -0.05) is 18.9 Å². The molecule has 4 rings (SSSR count). The quantitative estimate of drug-likeness (QED) is 0.840. The second-order valence-corrected chi connectivity index (χ2v) is 7.21. The lowest BCUT2D eigenvalue weighted by molar-refractivity contribution is -0.141. The van der Waals surface area contributed by atoms with Crippen LogP contribution in [0.5, 0.6) is 0 Å². The number of pyridine rings is 1. The molecule has 1 amide bonds. The Labute approximate surface area is 137 Å². The molecule has 1 aromatic heterocycles. The van der Waals surface area contributed by atoms with E-state index in [4.69, 9.17) is 4.74 Å². The van der Waals surface area contributed by atoms with Gasteiger partial charge in [0, 0.05) is 31.3 Å². The number of nitrogens with zero attached hydrogens (tertiary/aromatic N) is 2. The van der Waals surface area contributed by atoms with Crippen molar-refractivity contribution >= 4 is 11.5 Å². The Balaban J connectivity index is 1.45. The normalized spacial score (nSPS) is 28.0. The largest absolute Gasteiger partial charge is 0.492 e. The fraction of sp³-hybridized carbons (Fsp3) is 0.579. The van der Waals surface area contributed by atoms with Crippen molar-refractivity contribution in [3.05, 3.63) is 36.4 Å². The van der Waals surface area contributed by atoms with Gasteiger partial charge in [-0.2, -0.15) is 0 Å². The molecule has 1 saturated heterocycles. The van der Waals surface area contributed by atoms with E-state index in [2.05, 4.69) is 16.0 Å². The Morgan fingerprint density at radius 1 is 1.30 bits per heavy atom. The van der Waals surface area contributed by atoms with Crippen LogP contribution >= 0.6 is 0 Å². The monoisotopic (exact) mass is 312 g/mol. The van der Waals surface area contributed by atoms with E-state index in [-0.39, 0.29) is 11.5 Å². The molecule has 1 saturated carbocycles. The third-order valence-electron chi connectivity index (χ3n) is 5.55. The van der Waals surface area contributed by atoms with Crippen LogP contribution in [0.4, 0.5) is 0 Å². The van der Waals surface area contributed by atoms with Gasteiger partial charge >= 0.3 is 0 Å². The second-order valence-electron chi connectivity index (χ2n) is 7.21. The Hall–Kier alpha value is -1.84. The molecule has 0 bridgehead atoms. The fourth-order valence-electron chi connectivity index (χ4n) is 4.31. The van der Waals surface area contributed by atoms with E-state index in [1.54, 1.807) is 6.20 Å². The number of piperidine rings is 1. The molecule has 0 N–H and O–H groups in total. The summed E-state index contributed by atoms with van der Waals surface area (Å²) in [7, 11) is 0. The van der Waals surface area contributed by atoms with Crippen LogP contribution in [0.3, 0.4) is 0 Å². The summed E-state index contributed by atoms with van der Waals surface area (Å²) >= 11 is 0. The van der Waals surface area contributed by atoms with Crippen molar-refractivity contribution in [2.45, 2.75) is 50.5 Å². The highest BCUT2D eigenvalue weighted by molar-refractivity contribution is 5.79. The molecule has 122 valence electrons. The average Bonchev–Trinajstić information content (AvgIpc) is 3.26. The zero-order valence-corrected chi connectivity index (χ0v) is 13.5. The maximum atomic E-state index is 12.7. The highest BCUT2D eigenvalue weighted by Gasteiger charge is 2.43. The molecule has 2 aliphatic heterocycles. The summed E-state index contributed by atoms with van der Waals surface area (Å²) in [6, 6.07) is 4.03. The van der Waals surface area contributed by atoms with Gasteiger partial charge in [0.1, 0.15) is 5.60 Å². The minimum atomic E-state index is -0.211. The summed E-state index contributed by atoms with van der Waals surface area (Å²) in [6.07, 6.45) is 13.1. The van der Waals surface area contributed by atoms with Crippen LogP contribution in [0, 0.1) is 5.92 Å². The molecule has 1 atom stereocenters. The van der Waals surface area contributed by atoms with Crippen LogP contribution < -0.4 is 0 Å². The molecular weight excluding hydrogens is 288 g/mol. The number of hydrogen-bond acceptors (Lipinski definition) is 3. The lowest BCUT2D eigenvalue weighted by Gasteiger charge is -2.40. The van der Waals surface area contributed by atoms with Gasteiger partial charge in [-0.25, -0.2) is 0 Å². The first kappa shape index (κ1) is 14.7. The van der Waals surface area contributed by atoms with E-state index < -0.39 is 0 Å². The van der Waals surface area contributed by atoms with Crippen molar-refractivity contribution < 1.29 is 9.53 Å². The molecule has 4 heteroatoms. The van der Waals surface area contributed by atoms with Crippen LogP contribution in [0.1, 0.15) is 50.5 Å². The summed E-state index contributed by atoms with van der Waals surface area (Å²) in [5.74, 6) is 0.623. The summed E-state index contributed by atoms with van der Waals surface area (Å²) in [4.78, 5) is 19.0. The number of hydrogen-bond donors (Lipinski definition) is 0. The Morgan fingerprint density at radius 3 is 2.96 bits per heavy atom. The summed E-state index contributed by atoms with van der Waals surface area (Å²) in [5.41, 5.74) is 2.12. The molecule has 1 unspecified atom stereocenters. The molecule has 2 fully saturated rings. The van der Waals surface area contributed by atoms with Crippen molar-refractivity contribution in [1.82, 2.24) is 9.88 Å². The minimum absolute atomic E-state index is 0.211. The molecule has 0 aromatic carbocycles. The van der Waals surface area contributed by atoms with E-state index in [0.717, 1.165) is 50.8 Å². The van der Waals surface area contributed by atoms with Crippen molar-refractivity contribution in [1.29, 1.82) is 0 Å². The Kier molecular flexibility index (Phi) is 3.83. The molecule has 23 heavy (non-hydrogen) atoms. The summed E-state index contributed by atoms with van der Waals surface area (Å²) in [5, 5.41) is 0. The number of rotatable bonds is 2. The number of carbonyl (C=O) groups is 1. The second kappa shape index (κ2) is 5.99. The predicted octanol–water partition coefficient (Wildman–Crippen LogP) is 3.39. The van der Waals surface area contributed by atoms with Gasteiger partial charge in [0.25, 0.3) is 0 Å². The molecule has 1 spiro atoms. The number of carbonyl (C=O) groups excluding carboxylic acids is 1. The van der Waals surface area contributed by atoms with Gasteiger partial charge in [0.2, 0.25) is 5.91 Å². The van der Waals surface area contributed by atoms with Crippen LogP contribution in [-0.2, 0) is 9.53 Å². The van der Waals surface area contributed by atoms with E-state index >= 15 is 0 Å². The highest BCUT2D eigenvalue weighted by atomic mass is 16.5. The molecular formula is C19H24N2O2. The third-order valence-corrected chi connectivity index (χ3v) is 5.55. The molecule has 1 aliphatic carbocycles. The first-order chi connectivity index (χ1) is 11.3. The molecule has 3 aliphatic rings. The smallest absolute Gasteiger partial charge is 0.225 e. The number of amides is 1. The fourth-order valence-corrected chi connectivity index (χ4v) is 4.31. The first-order valence-corrected chi connectivity index (χ1v) is 8.82. The van der Waals surface area contributed by atoms with Crippen LogP contribution in [0.15, 0.2) is 30.8 Å². The molecule has 3 heterocycles. The predicted molar refractivity (Wildman–Crippen MR) is 88.4 cm³/mol. The SMILES string of the molecule is O=C(C1CCCC1)N1CCCC2(CC(c3cccnc3)=CO2)C1. The van der Waals surface area contributed by atoms with Crippen molar-refractivity contribution in [2.75, 3.05) is 13.1 Å². The number of ether oxygens (including phenoxy) is 1. The summed E-state index contributed by atoms with van der Waals surface area (Å²) in [6.45, 7) is 1.63. The Morgan fingerprint density at radius 2 is 2.17 bits per heavy atom. The average molecular weight is 312 g/mol. The maximum absolute atomic E-state index is 12.7. The highest BCUT2D eigenvalue weighted by Crippen LogP contribution is 2.41. The number of likely N-dealkylation sites (tertiary alicyclic amines) is 1. The van der Waals surface area contributed by atoms with E-state index in [1.807, 2.05) is 18.5 Å². The van der Waals surface area contributed by atoms with E-state index in [9.17, 15) is 4.79 Å². The lowest BCUT2D eigenvalue weighted by Crippen LogP contribution is -2.51. The zero-order chi connectivity index (χ0) is 15.7. The van der Waals surface area contributed by atoms with Gasteiger partial charge in [-0.15, -0.1) is 0 Å². The molecule has 4 nitrogen and oxygen atoms in total. The number of aromatic nitrogens is 1. The van der Waals surface area contributed by atoms with Gasteiger partial charge in [0.05, 0.1) is 12.8 Å². The van der Waals surface area contributed by atoms with E-state index in [1.165, 1.54) is 18.4 Å². The van der Waals surface area contributed by atoms with Crippen molar-refractivity contribution in [3.63, 3.8) is 0 Å². The first-order valence-electron chi connectivity index (χ1n) is 8.82. The summed E-state index contributed by atoms with van der Waals surface area (Å²) < 4.78 is 6.11. The Bertz CT molecular complexity index is 607. The topological polar surface area (TPSA) is 42.4 Å². The van der Waals surface area contributed by atoms with Crippen LogP contribution in [-0.4, -0.2) is 34.5 Å². The van der Waals surface area contributed by atoms with Crippen molar-refractivity contribution in [2.24, 2.45) is 5.92 Å². The van der Waals surface area contributed by atoms with Gasteiger partial charge in [-0.05, 0) is 42.9 Å². The standard InChI is InChI=1S/C19H24N2O2/c22-18(15-5-1-2-6-15)21-10-4-8-19(14-21)11-17(13-23-19)16-7-3-9-20-12-16/h3,7,9,12-13,15H,1-2,4-6,8,10-11,14H2. The van der Waals surface area contributed by atoms with E-state index in [0.29, 0.717) is 5.91 Å². The van der Waals surface area contributed by atoms with Gasteiger partial charge in [0.15, 0.2) is 0 Å². The van der Waals surface area contributed by atoms with Gasteiger partial charge in [-0.3, -0.25) is 9.78 Å². The lowest BCUT2D eigenvalue weighted by atomic mass is 9.86. The zero-order valence-electron chi connectivity index (χ0n) is 13.5. The van der Waals surface area contributed by atoms with Crippen molar-refractivity contribution in [3.8, 4) is 0 Å². The molecule has 0 radical (unpaired) electrons. The van der Waals surface area contributed by atoms with Crippen LogP contribution in [0.25, 0.3) is 5.57 Å². The van der Waals surface area contributed by atoms with Gasteiger partial charge < -0.3 is 9.64 Å².